The molecular formula is C27H27N5O2. The number of fused-ring (bicyclic) bond motifs is 1. The average molecular weight is 454 g/mol. The first-order valence-electron chi connectivity index (χ1n) is 11.8. The number of nitrogens with two attached hydrogens (primary N) is 1. The van der Waals surface area contributed by atoms with Gasteiger partial charge in [-0.3, -0.25) is 9.36 Å². The Balaban J connectivity index is 1.58. The number of rotatable bonds is 6. The molecule has 4 N–H and O–H groups in total. The van der Waals surface area contributed by atoms with Gasteiger partial charge < -0.3 is 16.2 Å². The third-order valence-electron chi connectivity index (χ3n) is 7.05. The van der Waals surface area contributed by atoms with E-state index in [1.807, 2.05) is 24.3 Å². The first-order valence-corrected chi connectivity index (χ1v) is 11.8. The molecule has 3 heterocycles. The van der Waals surface area contributed by atoms with Gasteiger partial charge in [0.1, 0.15) is 12.1 Å². The van der Waals surface area contributed by atoms with Crippen LogP contribution in [0.15, 0.2) is 59.7 Å². The molecule has 2 aromatic heterocycles. The highest BCUT2D eigenvalue weighted by Gasteiger charge is 2.25. The van der Waals surface area contributed by atoms with Gasteiger partial charge in [0.2, 0.25) is 0 Å². The standard InChI is InChI=1S/C27H27N5O2/c28-26-11-24(30-15-31-26)22-2-1-3-25(23(22)14-33)32-20(8-16-12-29-13-16)10-19-9-18(17-4-5-17)6-7-21(19)27(32)34/h1-3,6-7,9-11,15-17,29,33H,4-5,8,12-14H2,(H2,28,30,31). The predicted molar refractivity (Wildman–Crippen MR) is 133 cm³/mol. The Morgan fingerprint density at radius 1 is 1.09 bits per heavy atom. The summed E-state index contributed by atoms with van der Waals surface area (Å²) in [6.45, 7) is 1.66. The van der Waals surface area contributed by atoms with Crippen LogP contribution in [0.25, 0.3) is 27.7 Å². The van der Waals surface area contributed by atoms with Crippen molar-refractivity contribution < 1.29 is 5.11 Å². The average Bonchev–Trinajstić information content (AvgIpc) is 3.66. The minimum absolute atomic E-state index is 0.0591. The summed E-state index contributed by atoms with van der Waals surface area (Å²) in [5, 5.41) is 15.5. The zero-order chi connectivity index (χ0) is 23.2. The number of aliphatic hydroxyl groups excluding tert-OH is 1. The number of nitrogens with zero attached hydrogens (tertiary/aromatic N) is 3. The Labute approximate surface area is 197 Å². The molecule has 2 aliphatic rings. The zero-order valence-corrected chi connectivity index (χ0v) is 18.9. The van der Waals surface area contributed by atoms with Crippen LogP contribution < -0.4 is 16.6 Å². The van der Waals surface area contributed by atoms with Gasteiger partial charge in [-0.2, -0.15) is 0 Å². The highest BCUT2D eigenvalue weighted by molar-refractivity contribution is 5.84. The lowest BCUT2D eigenvalue weighted by atomic mass is 9.94. The summed E-state index contributed by atoms with van der Waals surface area (Å²) < 4.78 is 1.79. The number of anilines is 1. The van der Waals surface area contributed by atoms with E-state index in [-0.39, 0.29) is 12.2 Å². The SMILES string of the molecule is Nc1cc(-c2cccc(-n3c(CC4CNC4)cc4cc(C5CC5)ccc4c3=O)c2CO)ncn1. The van der Waals surface area contributed by atoms with E-state index in [4.69, 9.17) is 5.73 Å². The van der Waals surface area contributed by atoms with Gasteiger partial charge in [-0.05, 0) is 73.3 Å². The summed E-state index contributed by atoms with van der Waals surface area (Å²) in [4.78, 5) is 22.3. The largest absolute Gasteiger partial charge is 0.392 e. The molecule has 6 rings (SSSR count). The number of aliphatic hydroxyl groups is 1. The molecule has 172 valence electrons. The summed E-state index contributed by atoms with van der Waals surface area (Å²) in [5.41, 5.74) is 10.8. The van der Waals surface area contributed by atoms with E-state index in [1.165, 1.54) is 24.7 Å². The third kappa shape index (κ3) is 3.67. The Morgan fingerprint density at radius 2 is 1.94 bits per heavy atom. The lowest BCUT2D eigenvalue weighted by Gasteiger charge is -2.29. The minimum Gasteiger partial charge on any atom is -0.392 e. The Bertz CT molecular complexity index is 1450. The summed E-state index contributed by atoms with van der Waals surface area (Å²) >= 11 is 0. The molecule has 2 fully saturated rings. The molecule has 1 saturated heterocycles. The molecule has 1 saturated carbocycles. The third-order valence-corrected chi connectivity index (χ3v) is 7.05. The fourth-order valence-electron chi connectivity index (χ4n) is 4.97. The van der Waals surface area contributed by atoms with E-state index in [2.05, 4.69) is 33.5 Å². The minimum atomic E-state index is -0.231. The molecule has 0 unspecified atom stereocenters. The van der Waals surface area contributed by atoms with Crippen molar-refractivity contribution in [2.75, 3.05) is 18.8 Å². The van der Waals surface area contributed by atoms with Crippen molar-refractivity contribution in [2.45, 2.75) is 31.8 Å². The van der Waals surface area contributed by atoms with Crippen LogP contribution in [-0.2, 0) is 13.0 Å². The summed E-state index contributed by atoms with van der Waals surface area (Å²) in [7, 11) is 0. The topological polar surface area (TPSA) is 106 Å². The van der Waals surface area contributed by atoms with Crippen LogP contribution in [0.3, 0.4) is 0 Å². The molecule has 7 heteroatoms. The normalized spacial score (nSPS) is 16.0. The molecule has 7 nitrogen and oxygen atoms in total. The number of aromatic nitrogens is 3. The van der Waals surface area contributed by atoms with Gasteiger partial charge in [0.25, 0.3) is 5.56 Å². The summed E-state index contributed by atoms with van der Waals surface area (Å²) in [6, 6.07) is 15.8. The van der Waals surface area contributed by atoms with Crippen molar-refractivity contribution in [3.8, 4) is 16.9 Å². The number of nitrogen functional groups attached to an aromatic ring is 1. The number of hydrogen-bond donors (Lipinski definition) is 3. The van der Waals surface area contributed by atoms with Crippen LogP contribution >= 0.6 is 0 Å². The smallest absolute Gasteiger partial charge is 0.263 e. The van der Waals surface area contributed by atoms with Crippen molar-refractivity contribution in [1.82, 2.24) is 19.9 Å². The van der Waals surface area contributed by atoms with E-state index < -0.39 is 0 Å². The molecule has 2 aromatic carbocycles. The summed E-state index contributed by atoms with van der Waals surface area (Å²) in [6.07, 6.45) is 4.65. The van der Waals surface area contributed by atoms with E-state index >= 15 is 0 Å². The van der Waals surface area contributed by atoms with Gasteiger partial charge in [0, 0.05) is 28.3 Å². The lowest BCUT2D eigenvalue weighted by molar-refractivity contribution is 0.282. The second-order valence-corrected chi connectivity index (χ2v) is 9.42. The first-order chi connectivity index (χ1) is 16.6. The molecule has 4 aromatic rings. The molecule has 0 spiro atoms. The van der Waals surface area contributed by atoms with Crippen LogP contribution in [0, 0.1) is 5.92 Å². The molecule has 0 bridgehead atoms. The van der Waals surface area contributed by atoms with Crippen LogP contribution in [0.4, 0.5) is 5.82 Å². The van der Waals surface area contributed by atoms with Crippen LogP contribution in [0.2, 0.25) is 0 Å². The van der Waals surface area contributed by atoms with Gasteiger partial charge in [0.05, 0.1) is 18.0 Å². The predicted octanol–water partition coefficient (Wildman–Crippen LogP) is 3.16. The fraction of sp³-hybridized carbons (Fsp3) is 0.296. The maximum atomic E-state index is 13.9. The Morgan fingerprint density at radius 3 is 2.65 bits per heavy atom. The Kier molecular flexibility index (Phi) is 5.16. The van der Waals surface area contributed by atoms with Crippen molar-refractivity contribution >= 4 is 16.6 Å². The van der Waals surface area contributed by atoms with Crippen molar-refractivity contribution in [3.63, 3.8) is 0 Å². The van der Waals surface area contributed by atoms with Crippen LogP contribution in [0.5, 0.6) is 0 Å². The monoisotopic (exact) mass is 453 g/mol. The van der Waals surface area contributed by atoms with E-state index in [9.17, 15) is 9.90 Å². The maximum absolute atomic E-state index is 13.9. The van der Waals surface area contributed by atoms with E-state index in [0.717, 1.165) is 36.2 Å². The number of nitrogens with one attached hydrogen (secondary N) is 1. The molecule has 0 amide bonds. The molecule has 34 heavy (non-hydrogen) atoms. The zero-order valence-electron chi connectivity index (χ0n) is 18.9. The molecule has 1 aliphatic heterocycles. The molecular weight excluding hydrogens is 426 g/mol. The van der Waals surface area contributed by atoms with Gasteiger partial charge in [0.15, 0.2) is 0 Å². The van der Waals surface area contributed by atoms with E-state index in [0.29, 0.717) is 40.0 Å². The second kappa shape index (κ2) is 8.34. The molecule has 1 aliphatic carbocycles. The van der Waals surface area contributed by atoms with Crippen LogP contribution in [-0.4, -0.2) is 32.7 Å². The number of benzene rings is 2. The van der Waals surface area contributed by atoms with Crippen LogP contribution in [0.1, 0.15) is 35.6 Å². The van der Waals surface area contributed by atoms with Gasteiger partial charge in [-0.1, -0.05) is 24.3 Å². The summed E-state index contributed by atoms with van der Waals surface area (Å²) in [5.74, 6) is 1.47. The number of pyridine rings is 1. The highest BCUT2D eigenvalue weighted by Crippen LogP contribution is 2.41. The van der Waals surface area contributed by atoms with Gasteiger partial charge >= 0.3 is 0 Å². The highest BCUT2D eigenvalue weighted by atomic mass is 16.3. The van der Waals surface area contributed by atoms with Crippen molar-refractivity contribution in [3.05, 3.63) is 82.0 Å². The molecule has 0 atom stereocenters. The van der Waals surface area contributed by atoms with Gasteiger partial charge in [-0.15, -0.1) is 0 Å². The van der Waals surface area contributed by atoms with Crippen molar-refractivity contribution in [2.24, 2.45) is 5.92 Å². The Hall–Kier alpha value is -3.55. The fourth-order valence-corrected chi connectivity index (χ4v) is 4.97. The van der Waals surface area contributed by atoms with Crippen molar-refractivity contribution in [1.29, 1.82) is 0 Å². The number of hydrogen-bond acceptors (Lipinski definition) is 6. The quantitative estimate of drug-likeness (QED) is 0.414. The first kappa shape index (κ1) is 21.0. The maximum Gasteiger partial charge on any atom is 0.263 e. The molecule has 0 radical (unpaired) electrons. The second-order valence-electron chi connectivity index (χ2n) is 9.42. The lowest BCUT2D eigenvalue weighted by Crippen LogP contribution is -2.43. The van der Waals surface area contributed by atoms with Gasteiger partial charge in [-0.25, -0.2) is 9.97 Å². The van der Waals surface area contributed by atoms with E-state index in [1.54, 1.807) is 10.6 Å².